The maximum atomic E-state index is 11.9. The Morgan fingerprint density at radius 2 is 2.29 bits per heavy atom. The quantitative estimate of drug-likeness (QED) is 0.256. The van der Waals surface area contributed by atoms with E-state index >= 15 is 0 Å². The zero-order valence-corrected chi connectivity index (χ0v) is 12.5. The monoisotopic (exact) mass is 318 g/mol. The lowest BCUT2D eigenvalue weighted by Crippen LogP contribution is -2.14. The number of nitriles is 1. The number of amidine groups is 1. The Labute approximate surface area is 129 Å². The van der Waals surface area contributed by atoms with E-state index in [2.05, 4.69) is 25.5 Å². The van der Waals surface area contributed by atoms with Crippen LogP contribution in [-0.4, -0.2) is 26.6 Å². The van der Waals surface area contributed by atoms with Gasteiger partial charge in [0.2, 0.25) is 0 Å². The fourth-order valence-electron chi connectivity index (χ4n) is 1.58. The van der Waals surface area contributed by atoms with Crippen molar-refractivity contribution in [3.8, 4) is 17.5 Å². The van der Waals surface area contributed by atoms with E-state index in [-0.39, 0.29) is 10.5 Å². The van der Waals surface area contributed by atoms with Gasteiger partial charge in [0.05, 0.1) is 5.69 Å². The van der Waals surface area contributed by atoms with Crippen LogP contribution in [-0.2, 0) is 0 Å². The van der Waals surface area contributed by atoms with E-state index in [1.165, 1.54) is 11.8 Å². The van der Waals surface area contributed by atoms with E-state index in [0.717, 1.165) is 0 Å². The van der Waals surface area contributed by atoms with Gasteiger partial charge >= 0.3 is 0 Å². The molecule has 1 aromatic heterocycles. The van der Waals surface area contributed by atoms with Crippen LogP contribution in [0.3, 0.4) is 0 Å². The van der Waals surface area contributed by atoms with Crippen LogP contribution in [0.4, 0.5) is 5.69 Å². The van der Waals surface area contributed by atoms with Crippen LogP contribution in [0.1, 0.15) is 0 Å². The van der Waals surface area contributed by atoms with Crippen molar-refractivity contribution >= 4 is 34.8 Å². The van der Waals surface area contributed by atoms with Crippen molar-refractivity contribution in [1.29, 1.82) is 5.26 Å². The molecule has 2 aromatic rings. The number of rotatable bonds is 2. The number of H-pyrrole nitrogens is 2. The summed E-state index contributed by atoms with van der Waals surface area (Å²) in [5, 5.41) is 18.1. The van der Waals surface area contributed by atoms with Gasteiger partial charge in [-0.05, 0) is 24.5 Å². The highest BCUT2D eigenvalue weighted by Crippen LogP contribution is 2.26. The number of aliphatic imine (C=N–C) groups is 1. The van der Waals surface area contributed by atoms with E-state index in [9.17, 15) is 4.79 Å². The van der Waals surface area contributed by atoms with Gasteiger partial charge < -0.3 is 0 Å². The van der Waals surface area contributed by atoms with E-state index in [1.807, 2.05) is 6.19 Å². The standard InChI is InChI=1S/C12H10N6OS2/c1-21-12(14-6-13)15-8-5-3-2-4-7(8)9-10(19)16-11(20)18-17-9/h2-5H,1H3,(H,14,15)(H2,16,18,19,20). The third-order valence-electron chi connectivity index (χ3n) is 2.45. The molecule has 1 aromatic carbocycles. The Bertz CT molecular complexity index is 832. The molecule has 0 radical (unpaired) electrons. The molecular formula is C12H10N6OS2. The Morgan fingerprint density at radius 1 is 1.52 bits per heavy atom. The van der Waals surface area contributed by atoms with Crippen LogP contribution in [0.5, 0.6) is 0 Å². The largest absolute Gasteiger partial charge is 0.296 e. The van der Waals surface area contributed by atoms with Gasteiger partial charge in [-0.2, -0.15) is 10.4 Å². The van der Waals surface area contributed by atoms with Crippen LogP contribution in [0.2, 0.25) is 0 Å². The summed E-state index contributed by atoms with van der Waals surface area (Å²) >= 11 is 6.10. The maximum absolute atomic E-state index is 11.9. The minimum absolute atomic E-state index is 0.153. The fourth-order valence-corrected chi connectivity index (χ4v) is 2.06. The molecule has 21 heavy (non-hydrogen) atoms. The van der Waals surface area contributed by atoms with Gasteiger partial charge in [0, 0.05) is 5.56 Å². The molecule has 0 saturated heterocycles. The molecule has 0 saturated carbocycles. The lowest BCUT2D eigenvalue weighted by molar-refractivity contribution is 0.931. The number of hydrogen-bond acceptors (Lipinski definition) is 6. The summed E-state index contributed by atoms with van der Waals surface area (Å²) in [5.41, 5.74) is 0.838. The van der Waals surface area contributed by atoms with Crippen molar-refractivity contribution in [2.75, 3.05) is 6.26 Å². The van der Waals surface area contributed by atoms with Crippen molar-refractivity contribution in [2.24, 2.45) is 4.99 Å². The van der Waals surface area contributed by atoms with Crippen molar-refractivity contribution in [3.05, 3.63) is 39.4 Å². The summed E-state index contributed by atoms with van der Waals surface area (Å²) in [6, 6.07) is 7.00. The predicted octanol–water partition coefficient (Wildman–Crippen LogP) is 1.92. The molecule has 0 atom stereocenters. The summed E-state index contributed by atoms with van der Waals surface area (Å²) in [5.74, 6) is 0. The zero-order chi connectivity index (χ0) is 15.2. The second kappa shape index (κ2) is 6.83. The summed E-state index contributed by atoms with van der Waals surface area (Å²) in [4.78, 5) is 18.7. The minimum Gasteiger partial charge on any atom is -0.296 e. The highest BCUT2D eigenvalue weighted by Gasteiger charge is 2.10. The van der Waals surface area contributed by atoms with Crippen LogP contribution < -0.4 is 10.9 Å². The first kappa shape index (κ1) is 15.0. The molecule has 3 N–H and O–H groups in total. The summed E-state index contributed by atoms with van der Waals surface area (Å²) in [6.45, 7) is 0. The normalized spacial score (nSPS) is 11.0. The second-order valence-electron chi connectivity index (χ2n) is 3.73. The van der Waals surface area contributed by atoms with Crippen molar-refractivity contribution in [3.63, 3.8) is 0 Å². The van der Waals surface area contributed by atoms with Gasteiger partial charge in [-0.25, -0.2) is 4.99 Å². The van der Waals surface area contributed by atoms with Gasteiger partial charge in [-0.15, -0.1) is 0 Å². The lowest BCUT2D eigenvalue weighted by Gasteiger charge is -2.05. The van der Waals surface area contributed by atoms with Gasteiger partial charge in [0.25, 0.3) is 5.56 Å². The number of nitrogens with one attached hydrogen (secondary N) is 3. The van der Waals surface area contributed by atoms with Crippen LogP contribution in [0, 0.1) is 16.2 Å². The van der Waals surface area contributed by atoms with E-state index < -0.39 is 5.56 Å². The van der Waals surface area contributed by atoms with Gasteiger partial charge in [-0.3, -0.25) is 20.2 Å². The second-order valence-corrected chi connectivity index (χ2v) is 4.93. The maximum Gasteiger partial charge on any atom is 0.278 e. The molecule has 0 aliphatic heterocycles. The third-order valence-corrected chi connectivity index (χ3v) is 3.22. The first-order valence-corrected chi connectivity index (χ1v) is 7.35. The van der Waals surface area contributed by atoms with Crippen molar-refractivity contribution in [1.82, 2.24) is 20.5 Å². The number of para-hydroxylation sites is 1. The number of thioether (sulfide) groups is 1. The molecule has 0 fully saturated rings. The highest BCUT2D eigenvalue weighted by molar-refractivity contribution is 8.13. The fraction of sp³-hybridized carbons (Fsp3) is 0.0833. The van der Waals surface area contributed by atoms with E-state index in [0.29, 0.717) is 16.4 Å². The van der Waals surface area contributed by atoms with Gasteiger partial charge in [-0.1, -0.05) is 30.0 Å². The minimum atomic E-state index is -0.402. The zero-order valence-electron chi connectivity index (χ0n) is 10.9. The molecule has 0 unspecified atom stereocenters. The lowest BCUT2D eigenvalue weighted by atomic mass is 10.1. The molecule has 7 nitrogen and oxygen atoms in total. The average Bonchev–Trinajstić information content (AvgIpc) is 2.48. The Morgan fingerprint density at radius 3 is 2.95 bits per heavy atom. The topological polar surface area (TPSA) is 110 Å². The smallest absolute Gasteiger partial charge is 0.278 e. The van der Waals surface area contributed by atoms with Crippen LogP contribution in [0.25, 0.3) is 11.3 Å². The molecule has 106 valence electrons. The third kappa shape index (κ3) is 3.56. The van der Waals surface area contributed by atoms with Gasteiger partial charge in [0.15, 0.2) is 21.8 Å². The Balaban J connectivity index is 2.59. The predicted molar refractivity (Wildman–Crippen MR) is 84.8 cm³/mol. The molecule has 2 rings (SSSR count). The molecule has 1 heterocycles. The summed E-state index contributed by atoms with van der Waals surface area (Å²) in [6.07, 6.45) is 3.60. The summed E-state index contributed by atoms with van der Waals surface area (Å²) < 4.78 is 0.153. The first-order chi connectivity index (χ1) is 10.2. The van der Waals surface area contributed by atoms with Gasteiger partial charge in [0.1, 0.15) is 0 Å². The van der Waals surface area contributed by atoms with Crippen LogP contribution >= 0.6 is 24.0 Å². The molecule has 0 aliphatic rings. The first-order valence-electron chi connectivity index (χ1n) is 5.72. The van der Waals surface area contributed by atoms with Crippen molar-refractivity contribution < 1.29 is 0 Å². The number of aromatic nitrogens is 3. The number of benzene rings is 1. The molecular weight excluding hydrogens is 308 g/mol. The number of nitrogens with zero attached hydrogens (tertiary/aromatic N) is 3. The van der Waals surface area contributed by atoms with E-state index in [4.69, 9.17) is 17.5 Å². The summed E-state index contributed by atoms with van der Waals surface area (Å²) in [7, 11) is 0. The molecule has 9 heteroatoms. The molecule has 0 bridgehead atoms. The molecule has 0 amide bonds. The Hall–Kier alpha value is -2.44. The Kier molecular flexibility index (Phi) is 4.86. The number of aromatic amines is 2. The highest BCUT2D eigenvalue weighted by atomic mass is 32.2. The molecule has 0 aliphatic carbocycles. The molecule has 0 spiro atoms. The van der Waals surface area contributed by atoms with Crippen molar-refractivity contribution in [2.45, 2.75) is 0 Å². The SMILES string of the molecule is CSC(=Nc1ccccc1-c1n[nH]c(=S)[nH]c1=O)NC#N. The average molecular weight is 318 g/mol. The van der Waals surface area contributed by atoms with Crippen LogP contribution in [0.15, 0.2) is 34.1 Å². The number of hydrogen-bond donors (Lipinski definition) is 3. The van der Waals surface area contributed by atoms with E-state index in [1.54, 1.807) is 30.5 Å².